The highest BCUT2D eigenvalue weighted by Gasteiger charge is 2.39. The Morgan fingerprint density at radius 2 is 2.33 bits per heavy atom. The Morgan fingerprint density at radius 1 is 1.61 bits per heavy atom. The number of carboxylic acid groups (broad SMARTS) is 1. The van der Waals surface area contributed by atoms with Crippen LogP contribution in [0.4, 0.5) is 0 Å². The van der Waals surface area contributed by atoms with E-state index in [1.807, 2.05) is 6.92 Å². The number of halogens is 1. The Balaban J connectivity index is 2.29. The van der Waals surface area contributed by atoms with Gasteiger partial charge in [-0.1, -0.05) is 0 Å². The molecule has 1 aromatic rings. The standard InChI is InChI=1S/C11H11BrN2O3S/c1-6-14(8(5-18-6)11(16)17)10(15)7-2-3-13-9(12)4-7/h2-4,6,8H,5H2,1H3,(H,16,17). The van der Waals surface area contributed by atoms with Gasteiger partial charge in [-0.15, -0.1) is 11.8 Å². The molecule has 1 amide bonds. The van der Waals surface area contributed by atoms with Crippen LogP contribution in [0.3, 0.4) is 0 Å². The normalized spacial score (nSPS) is 23.1. The van der Waals surface area contributed by atoms with Crippen LogP contribution in [-0.2, 0) is 4.79 Å². The summed E-state index contributed by atoms with van der Waals surface area (Å²) in [4.78, 5) is 28.8. The topological polar surface area (TPSA) is 70.5 Å². The lowest BCUT2D eigenvalue weighted by atomic mass is 10.2. The second-order valence-electron chi connectivity index (χ2n) is 3.87. The Morgan fingerprint density at radius 3 is 2.94 bits per heavy atom. The van der Waals surface area contributed by atoms with Crippen LogP contribution in [0.15, 0.2) is 22.9 Å². The molecule has 2 rings (SSSR count). The molecule has 2 heterocycles. The van der Waals surface area contributed by atoms with Crippen molar-refractivity contribution in [3.63, 3.8) is 0 Å². The van der Waals surface area contributed by atoms with E-state index in [2.05, 4.69) is 20.9 Å². The fourth-order valence-electron chi connectivity index (χ4n) is 1.83. The third-order valence-corrected chi connectivity index (χ3v) is 4.37. The summed E-state index contributed by atoms with van der Waals surface area (Å²) >= 11 is 4.66. The average molecular weight is 331 g/mol. The Hall–Kier alpha value is -1.08. The van der Waals surface area contributed by atoms with E-state index in [1.54, 1.807) is 12.1 Å². The molecule has 0 spiro atoms. The van der Waals surface area contributed by atoms with E-state index in [-0.39, 0.29) is 11.3 Å². The van der Waals surface area contributed by atoms with Crippen LogP contribution < -0.4 is 0 Å². The first kappa shape index (κ1) is 13.4. The average Bonchev–Trinajstić information content (AvgIpc) is 2.70. The number of carbonyl (C=O) groups is 2. The van der Waals surface area contributed by atoms with E-state index in [1.165, 1.54) is 22.9 Å². The van der Waals surface area contributed by atoms with E-state index in [9.17, 15) is 9.59 Å². The van der Waals surface area contributed by atoms with Gasteiger partial charge in [0.2, 0.25) is 0 Å². The molecule has 18 heavy (non-hydrogen) atoms. The minimum atomic E-state index is -0.965. The fourth-order valence-corrected chi connectivity index (χ4v) is 3.36. The van der Waals surface area contributed by atoms with E-state index in [4.69, 9.17) is 5.11 Å². The van der Waals surface area contributed by atoms with E-state index >= 15 is 0 Å². The Labute approximate surface area is 117 Å². The second-order valence-corrected chi connectivity index (χ2v) is 6.03. The van der Waals surface area contributed by atoms with Crippen LogP contribution in [0.5, 0.6) is 0 Å². The van der Waals surface area contributed by atoms with E-state index in [0.29, 0.717) is 15.9 Å². The molecule has 0 aliphatic carbocycles. The summed E-state index contributed by atoms with van der Waals surface area (Å²) < 4.78 is 0.555. The van der Waals surface area contributed by atoms with Crippen LogP contribution in [0, 0.1) is 0 Å². The van der Waals surface area contributed by atoms with Gasteiger partial charge in [0.25, 0.3) is 5.91 Å². The molecule has 5 nitrogen and oxygen atoms in total. The summed E-state index contributed by atoms with van der Waals surface area (Å²) in [5, 5.41) is 8.99. The van der Waals surface area contributed by atoms with Crippen molar-refractivity contribution in [2.75, 3.05) is 5.75 Å². The number of hydrogen-bond donors (Lipinski definition) is 1. The van der Waals surface area contributed by atoms with Crippen molar-refractivity contribution in [3.8, 4) is 0 Å². The molecule has 1 aliphatic rings. The molecule has 0 radical (unpaired) electrons. The maximum atomic E-state index is 12.3. The highest BCUT2D eigenvalue weighted by molar-refractivity contribution is 9.10. The number of rotatable bonds is 2. The van der Waals surface area contributed by atoms with E-state index < -0.39 is 12.0 Å². The largest absolute Gasteiger partial charge is 0.480 e. The van der Waals surface area contributed by atoms with Crippen molar-refractivity contribution in [2.24, 2.45) is 0 Å². The lowest BCUT2D eigenvalue weighted by Gasteiger charge is -2.25. The molecule has 7 heteroatoms. The quantitative estimate of drug-likeness (QED) is 0.838. The number of carboxylic acids is 1. The highest BCUT2D eigenvalue weighted by Crippen LogP contribution is 2.30. The first-order valence-electron chi connectivity index (χ1n) is 5.29. The van der Waals surface area contributed by atoms with Gasteiger partial charge in [-0.05, 0) is 35.0 Å². The molecular weight excluding hydrogens is 320 g/mol. The van der Waals surface area contributed by atoms with Gasteiger partial charge < -0.3 is 10.0 Å². The van der Waals surface area contributed by atoms with Crippen molar-refractivity contribution < 1.29 is 14.7 Å². The van der Waals surface area contributed by atoms with Gasteiger partial charge >= 0.3 is 5.97 Å². The molecule has 0 saturated carbocycles. The molecule has 1 saturated heterocycles. The molecule has 1 aliphatic heterocycles. The molecule has 1 N–H and O–H groups in total. The van der Waals surface area contributed by atoms with Gasteiger partial charge in [-0.3, -0.25) is 4.79 Å². The Bertz CT molecular complexity index is 497. The zero-order chi connectivity index (χ0) is 13.3. The molecule has 2 atom stereocenters. The molecule has 1 aromatic heterocycles. The number of pyridine rings is 1. The minimum absolute atomic E-state index is 0.134. The van der Waals surface area contributed by atoms with Gasteiger partial charge in [-0.25, -0.2) is 9.78 Å². The third-order valence-electron chi connectivity index (χ3n) is 2.72. The van der Waals surface area contributed by atoms with Gasteiger partial charge in [-0.2, -0.15) is 0 Å². The maximum absolute atomic E-state index is 12.3. The zero-order valence-electron chi connectivity index (χ0n) is 9.54. The van der Waals surface area contributed by atoms with Crippen LogP contribution in [0.2, 0.25) is 0 Å². The summed E-state index contributed by atoms with van der Waals surface area (Å²) in [6, 6.07) is 2.42. The van der Waals surface area contributed by atoms with Crippen molar-refractivity contribution in [2.45, 2.75) is 18.3 Å². The van der Waals surface area contributed by atoms with Gasteiger partial charge in [0.15, 0.2) is 0 Å². The number of nitrogens with zero attached hydrogens (tertiary/aromatic N) is 2. The number of amides is 1. The van der Waals surface area contributed by atoms with Crippen molar-refractivity contribution in [1.29, 1.82) is 0 Å². The lowest BCUT2D eigenvalue weighted by Crippen LogP contribution is -2.44. The van der Waals surface area contributed by atoms with Crippen molar-refractivity contribution in [1.82, 2.24) is 9.88 Å². The summed E-state index contributed by atoms with van der Waals surface area (Å²) in [6.45, 7) is 1.84. The number of thioether (sulfide) groups is 1. The zero-order valence-corrected chi connectivity index (χ0v) is 11.9. The molecular formula is C11H11BrN2O3S. The summed E-state index contributed by atoms with van der Waals surface area (Å²) in [7, 11) is 0. The number of carbonyl (C=O) groups excluding carboxylic acids is 1. The van der Waals surface area contributed by atoms with Crippen LogP contribution >= 0.6 is 27.7 Å². The van der Waals surface area contributed by atoms with E-state index in [0.717, 1.165) is 0 Å². The van der Waals surface area contributed by atoms with Crippen LogP contribution in [-0.4, -0.2) is 44.0 Å². The predicted octanol–water partition coefficient (Wildman–Crippen LogP) is 1.83. The van der Waals surface area contributed by atoms with Crippen LogP contribution in [0.25, 0.3) is 0 Å². The van der Waals surface area contributed by atoms with Crippen molar-refractivity contribution >= 4 is 39.6 Å². The lowest BCUT2D eigenvalue weighted by molar-refractivity contribution is -0.141. The third kappa shape index (κ3) is 2.51. The smallest absolute Gasteiger partial charge is 0.327 e. The van der Waals surface area contributed by atoms with Gasteiger partial charge in [0.1, 0.15) is 10.6 Å². The molecule has 2 unspecified atom stereocenters. The summed E-state index contributed by atoms with van der Waals surface area (Å²) in [5.74, 6) is -0.814. The first-order chi connectivity index (χ1) is 8.50. The maximum Gasteiger partial charge on any atom is 0.327 e. The molecule has 1 fully saturated rings. The first-order valence-corrected chi connectivity index (χ1v) is 7.13. The summed E-state index contributed by atoms with van der Waals surface area (Å²) in [5.41, 5.74) is 0.442. The van der Waals surface area contributed by atoms with Gasteiger partial charge in [0.05, 0.1) is 5.37 Å². The number of aliphatic carboxylic acids is 1. The predicted molar refractivity (Wildman–Crippen MR) is 71.5 cm³/mol. The molecule has 0 aromatic carbocycles. The SMILES string of the molecule is CC1SCC(C(=O)O)N1C(=O)c1ccnc(Br)c1. The van der Waals surface area contributed by atoms with Crippen molar-refractivity contribution in [3.05, 3.63) is 28.5 Å². The Kier molecular flexibility index (Phi) is 3.91. The van der Waals surface area contributed by atoms with Crippen LogP contribution in [0.1, 0.15) is 17.3 Å². The minimum Gasteiger partial charge on any atom is -0.480 e. The highest BCUT2D eigenvalue weighted by atomic mass is 79.9. The molecule has 0 bridgehead atoms. The fraction of sp³-hybridized carbons (Fsp3) is 0.364. The second kappa shape index (κ2) is 5.27. The van der Waals surface area contributed by atoms with Gasteiger partial charge in [0, 0.05) is 17.5 Å². The number of hydrogen-bond acceptors (Lipinski definition) is 4. The summed E-state index contributed by atoms with van der Waals surface area (Å²) in [6.07, 6.45) is 1.51. The molecule has 96 valence electrons. The monoisotopic (exact) mass is 330 g/mol. The number of aromatic nitrogens is 1.